The number of halogens is 1. The van der Waals surface area contributed by atoms with E-state index in [1.54, 1.807) is 12.1 Å². The van der Waals surface area contributed by atoms with Crippen molar-refractivity contribution in [2.45, 2.75) is 19.4 Å². The van der Waals surface area contributed by atoms with Crippen molar-refractivity contribution in [1.82, 2.24) is 4.90 Å². The van der Waals surface area contributed by atoms with Crippen LogP contribution in [0.25, 0.3) is 5.76 Å². The summed E-state index contributed by atoms with van der Waals surface area (Å²) in [7, 11) is 0. The lowest BCUT2D eigenvalue weighted by atomic mass is 9.95. The lowest BCUT2D eigenvalue weighted by molar-refractivity contribution is -0.140. The van der Waals surface area contributed by atoms with Gasteiger partial charge in [0.15, 0.2) is 0 Å². The molecule has 5 nitrogen and oxygen atoms in total. The van der Waals surface area contributed by atoms with Gasteiger partial charge >= 0.3 is 0 Å². The average Bonchev–Trinajstić information content (AvgIpc) is 2.91. The molecule has 2 N–H and O–H groups in total. The number of hydrogen-bond acceptors (Lipinski definition) is 4. The van der Waals surface area contributed by atoms with Crippen LogP contribution in [0.3, 0.4) is 0 Å². The summed E-state index contributed by atoms with van der Waals surface area (Å²) in [6.45, 7) is 2.07. The Hall–Kier alpha value is -2.44. The molecule has 2 aromatic carbocycles. The largest absolute Gasteiger partial charge is 0.507 e. The molecule has 0 radical (unpaired) electrons. The fourth-order valence-corrected chi connectivity index (χ4v) is 3.47. The van der Waals surface area contributed by atoms with Gasteiger partial charge in [-0.3, -0.25) is 9.59 Å². The van der Waals surface area contributed by atoms with Crippen LogP contribution in [-0.2, 0) is 9.59 Å². The van der Waals surface area contributed by atoms with Gasteiger partial charge in [0.2, 0.25) is 0 Å². The molecule has 0 saturated carbocycles. The predicted molar refractivity (Wildman–Crippen MR) is 106 cm³/mol. The molecular weight excluding hydrogens is 410 g/mol. The number of nitrogens with zero attached hydrogens (tertiary/aromatic N) is 1. The molecule has 1 fully saturated rings. The van der Waals surface area contributed by atoms with E-state index in [1.807, 2.05) is 43.3 Å². The Kier molecular flexibility index (Phi) is 5.77. The van der Waals surface area contributed by atoms with Gasteiger partial charge in [0.05, 0.1) is 11.6 Å². The molecule has 6 heteroatoms. The van der Waals surface area contributed by atoms with E-state index in [-0.39, 0.29) is 24.5 Å². The molecular formula is C21H20BrNO4. The van der Waals surface area contributed by atoms with E-state index in [0.717, 1.165) is 15.6 Å². The number of Topliss-reactive ketones (excluding diaryl/α,β-unsaturated/α-hetero) is 1. The van der Waals surface area contributed by atoms with Crippen LogP contribution in [0.15, 0.2) is 58.6 Å². The normalized spacial score (nSPS) is 18.9. The quantitative estimate of drug-likeness (QED) is 0.432. The molecule has 27 heavy (non-hydrogen) atoms. The van der Waals surface area contributed by atoms with Crippen molar-refractivity contribution in [3.63, 3.8) is 0 Å². The average molecular weight is 430 g/mol. The molecule has 1 saturated heterocycles. The summed E-state index contributed by atoms with van der Waals surface area (Å²) in [5.41, 5.74) is 2.32. The number of aliphatic hydroxyl groups excluding tert-OH is 2. The minimum Gasteiger partial charge on any atom is -0.507 e. The van der Waals surface area contributed by atoms with Gasteiger partial charge in [0.1, 0.15) is 5.76 Å². The molecule has 3 rings (SSSR count). The highest BCUT2D eigenvalue weighted by Crippen LogP contribution is 2.39. The van der Waals surface area contributed by atoms with E-state index in [2.05, 4.69) is 15.9 Å². The van der Waals surface area contributed by atoms with Crippen LogP contribution in [-0.4, -0.2) is 40.0 Å². The van der Waals surface area contributed by atoms with Crippen LogP contribution in [0.2, 0.25) is 0 Å². The van der Waals surface area contributed by atoms with Gasteiger partial charge < -0.3 is 15.1 Å². The molecule has 0 aromatic heterocycles. The Morgan fingerprint density at radius 2 is 1.70 bits per heavy atom. The fraction of sp³-hybridized carbons (Fsp3) is 0.238. The van der Waals surface area contributed by atoms with Crippen LogP contribution < -0.4 is 0 Å². The lowest BCUT2D eigenvalue weighted by Gasteiger charge is -2.25. The van der Waals surface area contributed by atoms with Crippen molar-refractivity contribution in [2.75, 3.05) is 13.2 Å². The van der Waals surface area contributed by atoms with Crippen LogP contribution in [0, 0.1) is 6.92 Å². The zero-order chi connectivity index (χ0) is 19.6. The standard InChI is InChI=1S/C21H20BrNO4/c1-13-3-5-15(6-4-13)19(25)17-18(14-7-9-16(22)10-8-14)23(11-2-12-24)21(27)20(17)26/h3-10,18,24-25H,2,11-12H2,1H3. The molecule has 2 aromatic rings. The second-order valence-electron chi connectivity index (χ2n) is 6.49. The van der Waals surface area contributed by atoms with E-state index in [4.69, 9.17) is 5.11 Å². The van der Waals surface area contributed by atoms with E-state index in [0.29, 0.717) is 12.0 Å². The third kappa shape index (κ3) is 3.82. The molecule has 1 amide bonds. The topological polar surface area (TPSA) is 77.8 Å². The molecule has 0 spiro atoms. The van der Waals surface area contributed by atoms with Gasteiger partial charge in [0.25, 0.3) is 11.7 Å². The van der Waals surface area contributed by atoms with Crippen LogP contribution >= 0.6 is 15.9 Å². The molecule has 1 atom stereocenters. The van der Waals surface area contributed by atoms with Gasteiger partial charge in [-0.25, -0.2) is 0 Å². The maximum atomic E-state index is 12.7. The van der Waals surface area contributed by atoms with Gasteiger partial charge in [-0.1, -0.05) is 57.9 Å². The van der Waals surface area contributed by atoms with Crippen molar-refractivity contribution >= 4 is 33.4 Å². The highest BCUT2D eigenvalue weighted by Gasteiger charge is 2.45. The number of rotatable bonds is 5. The highest BCUT2D eigenvalue weighted by molar-refractivity contribution is 9.10. The third-order valence-corrected chi connectivity index (χ3v) is 5.14. The van der Waals surface area contributed by atoms with Gasteiger partial charge in [-0.15, -0.1) is 0 Å². The highest BCUT2D eigenvalue weighted by atomic mass is 79.9. The second kappa shape index (κ2) is 8.06. The smallest absolute Gasteiger partial charge is 0.295 e. The number of likely N-dealkylation sites (tertiary alicyclic amines) is 1. The van der Waals surface area contributed by atoms with Crippen molar-refractivity contribution in [3.8, 4) is 0 Å². The van der Waals surface area contributed by atoms with Crippen molar-refractivity contribution < 1.29 is 19.8 Å². The second-order valence-corrected chi connectivity index (χ2v) is 7.40. The monoisotopic (exact) mass is 429 g/mol. The number of benzene rings is 2. The molecule has 1 aliphatic heterocycles. The number of aliphatic hydroxyl groups is 2. The van der Waals surface area contributed by atoms with Crippen molar-refractivity contribution in [1.29, 1.82) is 0 Å². The maximum Gasteiger partial charge on any atom is 0.295 e. The molecule has 0 bridgehead atoms. The first-order valence-electron chi connectivity index (χ1n) is 8.66. The number of aryl methyl sites for hydroxylation is 1. The Morgan fingerprint density at radius 1 is 1.07 bits per heavy atom. The number of carbonyl (C=O) groups excluding carboxylic acids is 2. The zero-order valence-corrected chi connectivity index (χ0v) is 16.4. The van der Waals surface area contributed by atoms with Crippen molar-refractivity contribution in [3.05, 3.63) is 75.3 Å². The Morgan fingerprint density at radius 3 is 2.30 bits per heavy atom. The van der Waals surface area contributed by atoms with Gasteiger partial charge in [0, 0.05) is 23.2 Å². The van der Waals surface area contributed by atoms with E-state index >= 15 is 0 Å². The summed E-state index contributed by atoms with van der Waals surface area (Å²) in [6, 6.07) is 13.7. The summed E-state index contributed by atoms with van der Waals surface area (Å²) < 4.78 is 0.872. The number of hydrogen-bond donors (Lipinski definition) is 2. The number of amides is 1. The maximum absolute atomic E-state index is 12.7. The Bertz CT molecular complexity index is 887. The van der Waals surface area contributed by atoms with E-state index in [1.165, 1.54) is 4.90 Å². The molecule has 140 valence electrons. The SMILES string of the molecule is Cc1ccc(C(O)=C2C(=O)C(=O)N(CCCO)C2c2ccc(Br)cc2)cc1. The molecule has 1 heterocycles. The third-order valence-electron chi connectivity index (χ3n) is 4.61. The summed E-state index contributed by atoms with van der Waals surface area (Å²) in [6.07, 6.45) is 0.352. The Balaban J connectivity index is 2.14. The fourth-order valence-electron chi connectivity index (χ4n) is 3.21. The van der Waals surface area contributed by atoms with Crippen molar-refractivity contribution in [2.24, 2.45) is 0 Å². The number of carbonyl (C=O) groups is 2. The molecule has 1 unspecified atom stereocenters. The lowest BCUT2D eigenvalue weighted by Crippen LogP contribution is -2.31. The Labute approximate surface area is 166 Å². The first-order valence-corrected chi connectivity index (χ1v) is 9.45. The van der Waals surface area contributed by atoms with Crippen LogP contribution in [0.1, 0.15) is 29.2 Å². The molecule has 0 aliphatic carbocycles. The summed E-state index contributed by atoms with van der Waals surface area (Å²) in [4.78, 5) is 26.8. The predicted octanol–water partition coefficient (Wildman–Crippen LogP) is 3.56. The first kappa shape index (κ1) is 19.3. The van der Waals surface area contributed by atoms with Gasteiger partial charge in [-0.2, -0.15) is 0 Å². The summed E-state index contributed by atoms with van der Waals surface area (Å²) >= 11 is 3.38. The zero-order valence-electron chi connectivity index (χ0n) is 14.9. The van der Waals surface area contributed by atoms with Crippen LogP contribution in [0.4, 0.5) is 0 Å². The van der Waals surface area contributed by atoms with E-state index in [9.17, 15) is 14.7 Å². The summed E-state index contributed by atoms with van der Waals surface area (Å²) in [5, 5.41) is 20.0. The van der Waals surface area contributed by atoms with Crippen LogP contribution in [0.5, 0.6) is 0 Å². The minimum atomic E-state index is -0.709. The first-order chi connectivity index (χ1) is 12.9. The number of ketones is 1. The minimum absolute atomic E-state index is 0.0733. The van der Waals surface area contributed by atoms with E-state index < -0.39 is 17.7 Å². The molecule has 1 aliphatic rings. The van der Waals surface area contributed by atoms with Gasteiger partial charge in [-0.05, 0) is 31.0 Å². The summed E-state index contributed by atoms with van der Waals surface area (Å²) in [5.74, 6) is -1.56.